The second-order valence-corrected chi connectivity index (χ2v) is 8.25. The number of pyridine rings is 1. The molecule has 0 fully saturated rings. The standard InChI is InChI=1S/C21H25N3OS/c1-15-24-19(14-26-15)17-8-6-16(7-9-17)11-21(2,3)23-13-20(25)18-5-4-10-22-12-18/h4-10,12,14,20,23,25H,11,13H2,1-3H3/t20-/m0/s1. The molecule has 2 aromatic heterocycles. The number of β-amino-alcohol motifs (C(OH)–C–C–N with tert-alkyl or cyclic N) is 1. The number of aliphatic hydroxyl groups is 1. The lowest BCUT2D eigenvalue weighted by Crippen LogP contribution is -2.43. The van der Waals surface area contributed by atoms with Crippen LogP contribution in [0.4, 0.5) is 0 Å². The van der Waals surface area contributed by atoms with E-state index in [-0.39, 0.29) is 5.54 Å². The Hall–Kier alpha value is -2.08. The molecule has 0 amide bonds. The monoisotopic (exact) mass is 367 g/mol. The van der Waals surface area contributed by atoms with Crippen molar-refractivity contribution >= 4 is 11.3 Å². The number of hydrogen-bond acceptors (Lipinski definition) is 5. The number of aliphatic hydroxyl groups excluding tert-OH is 1. The van der Waals surface area contributed by atoms with E-state index >= 15 is 0 Å². The number of aryl methyl sites for hydroxylation is 1. The molecule has 0 saturated heterocycles. The SMILES string of the molecule is Cc1nc(-c2ccc(CC(C)(C)NC[C@H](O)c3cccnc3)cc2)cs1. The number of hydrogen-bond donors (Lipinski definition) is 2. The van der Waals surface area contributed by atoms with Crippen LogP contribution in [0.15, 0.2) is 54.2 Å². The zero-order chi connectivity index (χ0) is 18.6. The number of thiazole rings is 1. The summed E-state index contributed by atoms with van der Waals surface area (Å²) in [7, 11) is 0. The topological polar surface area (TPSA) is 58.0 Å². The molecule has 0 unspecified atom stereocenters. The Bertz CT molecular complexity index is 828. The van der Waals surface area contributed by atoms with Crippen LogP contribution >= 0.6 is 11.3 Å². The summed E-state index contributed by atoms with van der Waals surface area (Å²) in [5, 5.41) is 17.0. The smallest absolute Gasteiger partial charge is 0.0929 e. The molecule has 5 heteroatoms. The molecule has 3 rings (SSSR count). The molecule has 0 aliphatic rings. The summed E-state index contributed by atoms with van der Waals surface area (Å²) in [4.78, 5) is 8.60. The van der Waals surface area contributed by atoms with Gasteiger partial charge in [0.1, 0.15) is 0 Å². The maximum Gasteiger partial charge on any atom is 0.0929 e. The van der Waals surface area contributed by atoms with E-state index in [4.69, 9.17) is 0 Å². The van der Waals surface area contributed by atoms with Crippen molar-refractivity contribution < 1.29 is 5.11 Å². The highest BCUT2D eigenvalue weighted by atomic mass is 32.1. The van der Waals surface area contributed by atoms with E-state index in [0.29, 0.717) is 6.54 Å². The summed E-state index contributed by atoms with van der Waals surface area (Å²) in [5.74, 6) is 0. The minimum atomic E-state index is -0.557. The van der Waals surface area contributed by atoms with E-state index in [2.05, 4.69) is 58.8 Å². The van der Waals surface area contributed by atoms with Crippen LogP contribution in [-0.2, 0) is 6.42 Å². The summed E-state index contributed by atoms with van der Waals surface area (Å²) in [6.45, 7) is 6.83. The van der Waals surface area contributed by atoms with Crippen molar-refractivity contribution in [2.75, 3.05) is 6.54 Å². The fourth-order valence-electron chi connectivity index (χ4n) is 2.93. The molecule has 0 saturated carbocycles. The van der Waals surface area contributed by atoms with E-state index in [1.807, 2.05) is 19.1 Å². The van der Waals surface area contributed by atoms with Gasteiger partial charge in [-0.25, -0.2) is 4.98 Å². The van der Waals surface area contributed by atoms with Crippen molar-refractivity contribution in [3.05, 3.63) is 70.3 Å². The molecule has 0 aliphatic heterocycles. The summed E-state index contributed by atoms with van der Waals surface area (Å²) in [5.41, 5.74) is 4.15. The van der Waals surface area contributed by atoms with Crippen molar-refractivity contribution in [3.8, 4) is 11.3 Å². The normalized spacial score (nSPS) is 12.9. The van der Waals surface area contributed by atoms with E-state index in [9.17, 15) is 5.11 Å². The first kappa shape index (κ1) is 18.7. The van der Waals surface area contributed by atoms with Gasteiger partial charge in [-0.3, -0.25) is 4.98 Å². The third-order valence-electron chi connectivity index (χ3n) is 4.36. The van der Waals surface area contributed by atoms with E-state index in [0.717, 1.165) is 28.2 Å². The molecule has 0 bridgehead atoms. The zero-order valence-electron chi connectivity index (χ0n) is 15.4. The van der Waals surface area contributed by atoms with Crippen LogP contribution in [0.3, 0.4) is 0 Å². The van der Waals surface area contributed by atoms with Gasteiger partial charge in [-0.05, 0) is 38.8 Å². The molecule has 1 aromatic carbocycles. The summed E-state index contributed by atoms with van der Waals surface area (Å²) in [6, 6.07) is 12.3. The molecule has 26 heavy (non-hydrogen) atoms. The van der Waals surface area contributed by atoms with Gasteiger partial charge < -0.3 is 10.4 Å². The van der Waals surface area contributed by atoms with Gasteiger partial charge in [0, 0.05) is 41.0 Å². The van der Waals surface area contributed by atoms with Crippen molar-refractivity contribution in [2.45, 2.75) is 38.8 Å². The van der Waals surface area contributed by atoms with Crippen LogP contribution in [0, 0.1) is 6.92 Å². The van der Waals surface area contributed by atoms with Gasteiger partial charge in [0.25, 0.3) is 0 Å². The minimum absolute atomic E-state index is 0.123. The molecule has 3 aromatic rings. The quantitative estimate of drug-likeness (QED) is 0.658. The molecule has 0 radical (unpaired) electrons. The van der Waals surface area contributed by atoms with Crippen LogP contribution in [0.25, 0.3) is 11.3 Å². The van der Waals surface area contributed by atoms with Crippen LogP contribution in [0.2, 0.25) is 0 Å². The Morgan fingerprint density at radius 1 is 1.19 bits per heavy atom. The van der Waals surface area contributed by atoms with Gasteiger partial charge in [0.2, 0.25) is 0 Å². The van der Waals surface area contributed by atoms with Crippen LogP contribution in [0.1, 0.15) is 36.1 Å². The highest BCUT2D eigenvalue weighted by molar-refractivity contribution is 7.09. The molecule has 4 nitrogen and oxygen atoms in total. The van der Waals surface area contributed by atoms with Crippen molar-refractivity contribution in [1.29, 1.82) is 0 Å². The summed E-state index contributed by atoms with van der Waals surface area (Å²) in [6.07, 6.45) is 3.74. The maximum absolute atomic E-state index is 10.3. The lowest BCUT2D eigenvalue weighted by atomic mass is 9.93. The molecule has 1 atom stereocenters. The number of benzene rings is 1. The van der Waals surface area contributed by atoms with E-state index in [1.54, 1.807) is 23.7 Å². The Labute approximate surface area is 159 Å². The molecular weight excluding hydrogens is 342 g/mol. The van der Waals surface area contributed by atoms with Gasteiger partial charge in [-0.15, -0.1) is 11.3 Å². The van der Waals surface area contributed by atoms with Gasteiger partial charge in [0.15, 0.2) is 0 Å². The first-order valence-electron chi connectivity index (χ1n) is 8.77. The first-order chi connectivity index (χ1) is 12.4. The summed E-state index contributed by atoms with van der Waals surface area (Å²) >= 11 is 1.67. The van der Waals surface area contributed by atoms with E-state index in [1.165, 1.54) is 5.56 Å². The fourth-order valence-corrected chi connectivity index (χ4v) is 3.55. The van der Waals surface area contributed by atoms with Crippen molar-refractivity contribution in [3.63, 3.8) is 0 Å². The van der Waals surface area contributed by atoms with Gasteiger partial charge >= 0.3 is 0 Å². The van der Waals surface area contributed by atoms with Gasteiger partial charge in [-0.1, -0.05) is 30.3 Å². The largest absolute Gasteiger partial charge is 0.387 e. The lowest BCUT2D eigenvalue weighted by molar-refractivity contribution is 0.160. The Morgan fingerprint density at radius 2 is 1.96 bits per heavy atom. The van der Waals surface area contributed by atoms with E-state index < -0.39 is 6.10 Å². The molecule has 0 aliphatic carbocycles. The third-order valence-corrected chi connectivity index (χ3v) is 5.13. The highest BCUT2D eigenvalue weighted by Gasteiger charge is 2.20. The molecule has 2 N–H and O–H groups in total. The van der Waals surface area contributed by atoms with Crippen molar-refractivity contribution in [2.24, 2.45) is 0 Å². The van der Waals surface area contributed by atoms with Crippen LogP contribution in [-0.4, -0.2) is 27.2 Å². The lowest BCUT2D eigenvalue weighted by Gasteiger charge is -2.28. The molecule has 2 heterocycles. The van der Waals surface area contributed by atoms with Crippen molar-refractivity contribution in [1.82, 2.24) is 15.3 Å². The van der Waals surface area contributed by atoms with Crippen LogP contribution in [0.5, 0.6) is 0 Å². The maximum atomic E-state index is 10.3. The second-order valence-electron chi connectivity index (χ2n) is 7.19. The Balaban J connectivity index is 1.58. The molecule has 136 valence electrons. The minimum Gasteiger partial charge on any atom is -0.387 e. The predicted molar refractivity (Wildman–Crippen MR) is 107 cm³/mol. The van der Waals surface area contributed by atoms with Gasteiger partial charge in [-0.2, -0.15) is 0 Å². The molecule has 0 spiro atoms. The second kappa shape index (κ2) is 8.08. The molecular formula is C21H25N3OS. The summed E-state index contributed by atoms with van der Waals surface area (Å²) < 4.78 is 0. The number of aromatic nitrogens is 2. The Kier molecular flexibility index (Phi) is 5.81. The van der Waals surface area contributed by atoms with Gasteiger partial charge in [0.05, 0.1) is 16.8 Å². The Morgan fingerprint density at radius 3 is 2.58 bits per heavy atom. The van der Waals surface area contributed by atoms with Crippen LogP contribution < -0.4 is 5.32 Å². The number of rotatable bonds is 7. The number of nitrogens with zero attached hydrogens (tertiary/aromatic N) is 2. The zero-order valence-corrected chi connectivity index (χ0v) is 16.3. The third kappa shape index (κ3) is 4.97. The average molecular weight is 368 g/mol. The highest BCUT2D eigenvalue weighted by Crippen LogP contribution is 2.23. The fraction of sp³-hybridized carbons (Fsp3) is 0.333. The predicted octanol–water partition coefficient (Wildman–Crippen LogP) is 4.16. The number of nitrogens with one attached hydrogen (secondary N) is 1. The first-order valence-corrected chi connectivity index (χ1v) is 9.65. The average Bonchev–Trinajstić information content (AvgIpc) is 3.07.